The Bertz CT molecular complexity index is 973. The van der Waals surface area contributed by atoms with E-state index < -0.39 is 11.4 Å². The van der Waals surface area contributed by atoms with E-state index in [1.165, 1.54) is 23.9 Å². The number of nitrogens with one attached hydrogen (secondary N) is 1. The number of hydrogen-bond acceptors (Lipinski definition) is 7. The Morgan fingerprint density at radius 3 is 2.66 bits per heavy atom. The van der Waals surface area contributed by atoms with Crippen LogP contribution in [0, 0.1) is 12.7 Å². The molecule has 3 rings (SSSR count). The van der Waals surface area contributed by atoms with Crippen molar-refractivity contribution < 1.29 is 18.4 Å². The largest absolute Gasteiger partial charge is 0.483 e. The quantitative estimate of drug-likeness (QED) is 0.552. The highest BCUT2D eigenvalue weighted by Gasteiger charge is 2.23. The minimum absolute atomic E-state index is 0.217. The third kappa shape index (κ3) is 5.14. The van der Waals surface area contributed by atoms with Crippen LogP contribution in [0.4, 0.5) is 10.2 Å². The lowest BCUT2D eigenvalue weighted by Crippen LogP contribution is -2.23. The number of carbonyl (C=O) groups is 1. The fourth-order valence-corrected chi connectivity index (χ4v) is 3.54. The smallest absolute Gasteiger partial charge is 0.238 e. The van der Waals surface area contributed by atoms with Gasteiger partial charge in [-0.05, 0) is 52.0 Å². The Balaban J connectivity index is 1.67. The maximum atomic E-state index is 13.1. The lowest BCUT2D eigenvalue weighted by Gasteiger charge is -2.16. The van der Waals surface area contributed by atoms with Crippen LogP contribution in [0.15, 0.2) is 40.0 Å². The maximum absolute atomic E-state index is 13.1. The number of halogens is 1. The van der Waals surface area contributed by atoms with Crippen molar-refractivity contribution in [1.82, 2.24) is 19.9 Å². The van der Waals surface area contributed by atoms with Crippen molar-refractivity contribution in [2.75, 3.05) is 5.32 Å². The molecule has 0 fully saturated rings. The molecule has 2 heterocycles. The van der Waals surface area contributed by atoms with Gasteiger partial charge in [0.25, 0.3) is 0 Å². The predicted molar refractivity (Wildman–Crippen MR) is 106 cm³/mol. The molecule has 29 heavy (non-hydrogen) atoms. The Morgan fingerprint density at radius 1 is 1.31 bits per heavy atom. The van der Waals surface area contributed by atoms with E-state index in [1.807, 2.05) is 18.4 Å². The zero-order valence-electron chi connectivity index (χ0n) is 16.5. The minimum atomic E-state index is -0.428. The number of thioether (sulfide) groups is 1. The molecule has 1 N–H and O–H groups in total. The lowest BCUT2D eigenvalue weighted by atomic mass is 10.3. The summed E-state index contributed by atoms with van der Waals surface area (Å²) in [4.78, 5) is 12.4. The molecule has 8 nitrogen and oxygen atoms in total. The average Bonchev–Trinajstić information content (AvgIpc) is 3.29. The third-order valence-electron chi connectivity index (χ3n) is 4.08. The van der Waals surface area contributed by atoms with Gasteiger partial charge in [0, 0.05) is 12.6 Å². The number of hydrogen-bond donors (Lipinski definition) is 1. The zero-order chi connectivity index (χ0) is 21.0. The summed E-state index contributed by atoms with van der Waals surface area (Å²) >= 11 is 1.29. The molecular formula is C19H22FN5O3S. The summed E-state index contributed by atoms with van der Waals surface area (Å²) in [5.74, 6) is 1.61. The highest BCUT2D eigenvalue weighted by molar-refractivity contribution is 8.00. The van der Waals surface area contributed by atoms with Gasteiger partial charge in [0.05, 0.1) is 5.25 Å². The van der Waals surface area contributed by atoms with Gasteiger partial charge in [-0.3, -0.25) is 4.79 Å². The molecule has 0 aliphatic rings. The van der Waals surface area contributed by atoms with Crippen LogP contribution >= 0.6 is 11.8 Å². The normalized spacial score (nSPS) is 13.1. The molecule has 0 aliphatic heterocycles. The number of nitrogens with zero attached hydrogens (tertiary/aromatic N) is 4. The Labute approximate surface area is 171 Å². The van der Waals surface area contributed by atoms with Gasteiger partial charge in [0.2, 0.25) is 5.91 Å². The van der Waals surface area contributed by atoms with Crippen LogP contribution in [0.3, 0.4) is 0 Å². The van der Waals surface area contributed by atoms with Gasteiger partial charge >= 0.3 is 0 Å². The first-order valence-corrected chi connectivity index (χ1v) is 10.0. The van der Waals surface area contributed by atoms with Crippen LogP contribution in [-0.2, 0) is 11.3 Å². The monoisotopic (exact) mass is 419 g/mol. The Hall–Kier alpha value is -2.88. The highest BCUT2D eigenvalue weighted by Crippen LogP contribution is 2.27. The molecule has 2 atom stereocenters. The van der Waals surface area contributed by atoms with Crippen molar-refractivity contribution in [3.63, 3.8) is 0 Å². The van der Waals surface area contributed by atoms with E-state index >= 15 is 0 Å². The van der Waals surface area contributed by atoms with Crippen molar-refractivity contribution in [3.05, 3.63) is 47.7 Å². The molecule has 2 aromatic heterocycles. The third-order valence-corrected chi connectivity index (χ3v) is 5.16. The molecule has 1 amide bonds. The molecular weight excluding hydrogens is 397 g/mol. The van der Waals surface area contributed by atoms with E-state index in [4.69, 9.17) is 9.26 Å². The van der Waals surface area contributed by atoms with Crippen molar-refractivity contribution in [2.45, 2.75) is 50.8 Å². The molecule has 0 spiro atoms. The van der Waals surface area contributed by atoms with Gasteiger partial charge < -0.3 is 19.1 Å². The van der Waals surface area contributed by atoms with Crippen molar-refractivity contribution in [2.24, 2.45) is 0 Å². The van der Waals surface area contributed by atoms with E-state index in [1.54, 1.807) is 32.0 Å². The second kappa shape index (κ2) is 9.08. The second-order valence-corrected chi connectivity index (χ2v) is 7.68. The van der Waals surface area contributed by atoms with E-state index in [9.17, 15) is 9.18 Å². The van der Waals surface area contributed by atoms with E-state index in [2.05, 4.69) is 20.7 Å². The van der Waals surface area contributed by atoms with Crippen molar-refractivity contribution >= 4 is 23.5 Å². The number of aromatic nitrogens is 4. The summed E-state index contributed by atoms with van der Waals surface area (Å²) in [5, 5.41) is 15.1. The Kier molecular flexibility index (Phi) is 6.53. The molecule has 0 radical (unpaired) electrons. The lowest BCUT2D eigenvalue weighted by molar-refractivity contribution is -0.115. The number of anilines is 1. The number of aryl methyl sites for hydroxylation is 1. The maximum Gasteiger partial charge on any atom is 0.238 e. The van der Waals surface area contributed by atoms with Crippen LogP contribution in [0.2, 0.25) is 0 Å². The summed E-state index contributed by atoms with van der Waals surface area (Å²) in [6.45, 7) is 7.95. The van der Waals surface area contributed by atoms with Gasteiger partial charge in [-0.15, -0.1) is 10.2 Å². The number of ether oxygens (including phenoxy) is 1. The van der Waals surface area contributed by atoms with Gasteiger partial charge in [-0.2, -0.15) is 0 Å². The molecule has 1 aromatic carbocycles. The van der Waals surface area contributed by atoms with Crippen LogP contribution in [0.5, 0.6) is 5.75 Å². The molecule has 0 saturated carbocycles. The van der Waals surface area contributed by atoms with Gasteiger partial charge in [-0.25, -0.2) is 4.39 Å². The fraction of sp³-hybridized carbons (Fsp3) is 0.368. The van der Waals surface area contributed by atoms with E-state index in [0.717, 1.165) is 0 Å². The fourth-order valence-electron chi connectivity index (χ4n) is 2.62. The number of benzene rings is 1. The highest BCUT2D eigenvalue weighted by atomic mass is 32.2. The average molecular weight is 419 g/mol. The standard InChI is InChI=1S/C19H22FN5O3S/c1-5-25-17(12(3)27-15-8-6-14(20)7-9-15)22-23-19(25)29-13(4)18(26)21-16-10-11(2)28-24-16/h6-10,12-13H,5H2,1-4H3,(H,21,24,26). The summed E-state index contributed by atoms with van der Waals surface area (Å²) in [5.41, 5.74) is 0. The minimum Gasteiger partial charge on any atom is -0.483 e. The first-order valence-electron chi connectivity index (χ1n) is 9.13. The number of amides is 1. The number of rotatable bonds is 8. The molecule has 0 saturated heterocycles. The molecule has 3 aromatic rings. The first-order chi connectivity index (χ1) is 13.9. The van der Waals surface area contributed by atoms with Gasteiger partial charge in [-0.1, -0.05) is 16.9 Å². The van der Waals surface area contributed by atoms with Crippen LogP contribution < -0.4 is 10.1 Å². The zero-order valence-corrected chi connectivity index (χ0v) is 17.4. The molecule has 0 aliphatic carbocycles. The molecule has 2 unspecified atom stereocenters. The molecule has 0 bridgehead atoms. The van der Waals surface area contributed by atoms with Crippen LogP contribution in [0.1, 0.15) is 38.5 Å². The molecule has 10 heteroatoms. The van der Waals surface area contributed by atoms with Crippen LogP contribution in [-0.4, -0.2) is 31.1 Å². The topological polar surface area (TPSA) is 95.1 Å². The summed E-state index contributed by atoms with van der Waals surface area (Å²) < 4.78 is 25.8. The molecule has 154 valence electrons. The second-order valence-electron chi connectivity index (χ2n) is 6.37. The van der Waals surface area contributed by atoms with Crippen LogP contribution in [0.25, 0.3) is 0 Å². The van der Waals surface area contributed by atoms with Gasteiger partial charge in [0.15, 0.2) is 22.9 Å². The van der Waals surface area contributed by atoms with Crippen molar-refractivity contribution in [3.8, 4) is 5.75 Å². The van der Waals surface area contributed by atoms with E-state index in [0.29, 0.717) is 34.9 Å². The summed E-state index contributed by atoms with van der Waals surface area (Å²) in [6, 6.07) is 7.45. The SMILES string of the molecule is CCn1c(SC(C)C(=O)Nc2cc(C)on2)nnc1C(C)Oc1ccc(F)cc1. The predicted octanol–water partition coefficient (Wildman–Crippen LogP) is 3.99. The Morgan fingerprint density at radius 2 is 2.03 bits per heavy atom. The summed E-state index contributed by atoms with van der Waals surface area (Å²) in [7, 11) is 0. The summed E-state index contributed by atoms with van der Waals surface area (Å²) in [6.07, 6.45) is -0.399. The van der Waals surface area contributed by atoms with E-state index in [-0.39, 0.29) is 11.7 Å². The van der Waals surface area contributed by atoms with Crippen molar-refractivity contribution in [1.29, 1.82) is 0 Å². The first kappa shape index (κ1) is 20.8. The number of carbonyl (C=O) groups excluding carboxylic acids is 1. The van der Waals surface area contributed by atoms with Gasteiger partial charge in [0.1, 0.15) is 17.3 Å².